The van der Waals surface area contributed by atoms with E-state index >= 15 is 0 Å². The van der Waals surface area contributed by atoms with Gasteiger partial charge in [-0.1, -0.05) is 13.8 Å². The summed E-state index contributed by atoms with van der Waals surface area (Å²) >= 11 is 0. The summed E-state index contributed by atoms with van der Waals surface area (Å²) in [4.78, 5) is 23.9. The molecule has 0 aromatic carbocycles. The van der Waals surface area contributed by atoms with Crippen LogP contribution in [0.25, 0.3) is 0 Å². The molecular formula is C17H26O2. The van der Waals surface area contributed by atoms with E-state index in [4.69, 9.17) is 0 Å². The second-order valence-electron chi connectivity index (χ2n) is 7.51. The third-order valence-corrected chi connectivity index (χ3v) is 6.86. The van der Waals surface area contributed by atoms with Gasteiger partial charge < -0.3 is 0 Å². The second kappa shape index (κ2) is 4.43. The number of rotatable bonds is 1. The highest BCUT2D eigenvalue weighted by molar-refractivity contribution is 5.82. The molecule has 19 heavy (non-hydrogen) atoms. The van der Waals surface area contributed by atoms with Crippen LogP contribution < -0.4 is 0 Å². The van der Waals surface area contributed by atoms with E-state index in [0.717, 1.165) is 32.1 Å². The zero-order chi connectivity index (χ0) is 13.8. The highest BCUT2D eigenvalue weighted by Crippen LogP contribution is 2.62. The van der Waals surface area contributed by atoms with Crippen LogP contribution in [0.1, 0.15) is 59.3 Å². The van der Waals surface area contributed by atoms with Crippen LogP contribution in [0.2, 0.25) is 0 Å². The van der Waals surface area contributed by atoms with E-state index in [1.165, 1.54) is 6.42 Å². The SMILES string of the molecule is CC(=O)[C@@H]1CC[C@@H]2[C@@H]3CCC(=O)[C@H](C)[C@H]3CC[C@@]21C. The van der Waals surface area contributed by atoms with Crippen molar-refractivity contribution in [3.63, 3.8) is 0 Å². The van der Waals surface area contributed by atoms with Crippen LogP contribution in [0.3, 0.4) is 0 Å². The van der Waals surface area contributed by atoms with Crippen molar-refractivity contribution in [1.82, 2.24) is 0 Å². The van der Waals surface area contributed by atoms with Crippen molar-refractivity contribution in [2.75, 3.05) is 0 Å². The Hall–Kier alpha value is -0.660. The lowest BCUT2D eigenvalue weighted by molar-refractivity contribution is -0.135. The molecule has 0 spiro atoms. The molecule has 0 bridgehead atoms. The van der Waals surface area contributed by atoms with Gasteiger partial charge in [0.2, 0.25) is 0 Å². The van der Waals surface area contributed by atoms with E-state index in [9.17, 15) is 9.59 Å². The third-order valence-electron chi connectivity index (χ3n) is 6.86. The molecule has 0 aliphatic heterocycles. The Labute approximate surface area is 116 Å². The van der Waals surface area contributed by atoms with Crippen molar-refractivity contribution in [2.45, 2.75) is 59.3 Å². The highest BCUT2D eigenvalue weighted by atomic mass is 16.1. The fourth-order valence-corrected chi connectivity index (χ4v) is 5.80. The molecule has 3 rings (SSSR count). The van der Waals surface area contributed by atoms with Crippen LogP contribution in [0.5, 0.6) is 0 Å². The first-order chi connectivity index (χ1) is 8.95. The summed E-state index contributed by atoms with van der Waals surface area (Å²) in [7, 11) is 0. The van der Waals surface area contributed by atoms with Gasteiger partial charge in [0.1, 0.15) is 11.6 Å². The van der Waals surface area contributed by atoms with Gasteiger partial charge >= 0.3 is 0 Å². The molecule has 0 N–H and O–H groups in total. The first-order valence-electron chi connectivity index (χ1n) is 7.98. The van der Waals surface area contributed by atoms with Gasteiger partial charge in [0, 0.05) is 18.3 Å². The summed E-state index contributed by atoms with van der Waals surface area (Å²) < 4.78 is 0. The van der Waals surface area contributed by atoms with Gasteiger partial charge in [-0.3, -0.25) is 9.59 Å². The Kier molecular flexibility index (Phi) is 3.11. The normalized spacial score (nSPS) is 49.6. The van der Waals surface area contributed by atoms with Crippen LogP contribution in [0, 0.1) is 35.0 Å². The average molecular weight is 262 g/mol. The predicted molar refractivity (Wildman–Crippen MR) is 74.6 cm³/mol. The number of carbonyl (C=O) groups excluding carboxylic acids is 2. The lowest BCUT2D eigenvalue weighted by Crippen LogP contribution is -2.47. The van der Waals surface area contributed by atoms with Gasteiger partial charge in [-0.2, -0.15) is 0 Å². The number of hydrogen-bond donors (Lipinski definition) is 0. The summed E-state index contributed by atoms with van der Waals surface area (Å²) in [6.07, 6.45) is 6.47. The Bertz CT molecular complexity index is 413. The lowest BCUT2D eigenvalue weighted by Gasteiger charge is -2.51. The summed E-state index contributed by atoms with van der Waals surface area (Å²) in [5, 5.41) is 0. The molecule has 0 heterocycles. The standard InChI is InChI=1S/C17H26O2/c1-10-12-8-9-17(3)14(11(2)18)5-6-15(17)13(12)4-7-16(10)19/h10,12-15H,4-9H2,1-3H3/t10-,12-,13-,14+,15-,17-/m1/s1. The number of fused-ring (bicyclic) bond motifs is 3. The monoisotopic (exact) mass is 262 g/mol. The maximum Gasteiger partial charge on any atom is 0.135 e. The molecule has 0 saturated heterocycles. The minimum absolute atomic E-state index is 0.229. The van der Waals surface area contributed by atoms with E-state index in [1.54, 1.807) is 6.92 Å². The van der Waals surface area contributed by atoms with Gasteiger partial charge in [0.15, 0.2) is 0 Å². The van der Waals surface area contributed by atoms with Crippen molar-refractivity contribution in [3.8, 4) is 0 Å². The molecule has 3 fully saturated rings. The van der Waals surface area contributed by atoms with E-state index in [2.05, 4.69) is 13.8 Å². The fraction of sp³-hybridized carbons (Fsp3) is 0.882. The summed E-state index contributed by atoms with van der Waals surface area (Å²) in [6.45, 7) is 6.27. The van der Waals surface area contributed by atoms with Crippen molar-refractivity contribution in [2.24, 2.45) is 35.0 Å². The molecule has 0 aromatic rings. The van der Waals surface area contributed by atoms with Gasteiger partial charge in [-0.25, -0.2) is 0 Å². The van der Waals surface area contributed by atoms with Gasteiger partial charge in [0.05, 0.1) is 0 Å². The molecule has 0 unspecified atom stereocenters. The molecule has 0 aromatic heterocycles. The van der Waals surface area contributed by atoms with Gasteiger partial charge in [-0.05, 0) is 62.2 Å². The highest BCUT2D eigenvalue weighted by Gasteiger charge is 2.56. The molecule has 2 heteroatoms. The van der Waals surface area contributed by atoms with Crippen LogP contribution in [0.15, 0.2) is 0 Å². The average Bonchev–Trinajstić information content (AvgIpc) is 2.71. The molecule has 106 valence electrons. The molecule has 3 saturated carbocycles. The van der Waals surface area contributed by atoms with Crippen LogP contribution in [-0.4, -0.2) is 11.6 Å². The van der Waals surface area contributed by atoms with E-state index in [0.29, 0.717) is 29.3 Å². The number of carbonyl (C=O) groups is 2. The molecule has 2 nitrogen and oxygen atoms in total. The van der Waals surface area contributed by atoms with E-state index in [1.807, 2.05) is 0 Å². The minimum Gasteiger partial charge on any atom is -0.300 e. The molecule has 6 atom stereocenters. The second-order valence-corrected chi connectivity index (χ2v) is 7.51. The quantitative estimate of drug-likeness (QED) is 0.723. The minimum atomic E-state index is 0.229. The van der Waals surface area contributed by atoms with Crippen molar-refractivity contribution in [1.29, 1.82) is 0 Å². The summed E-state index contributed by atoms with van der Waals surface area (Å²) in [5.41, 5.74) is 0.229. The zero-order valence-electron chi connectivity index (χ0n) is 12.4. The Morgan fingerprint density at radius 2 is 1.89 bits per heavy atom. The Morgan fingerprint density at radius 1 is 1.16 bits per heavy atom. The summed E-state index contributed by atoms with van der Waals surface area (Å²) in [6, 6.07) is 0. The maximum atomic E-state index is 11.9. The van der Waals surface area contributed by atoms with Gasteiger partial charge in [-0.15, -0.1) is 0 Å². The molecule has 3 aliphatic carbocycles. The number of ketones is 2. The molecule has 3 aliphatic rings. The van der Waals surface area contributed by atoms with Crippen LogP contribution in [0.4, 0.5) is 0 Å². The first kappa shape index (κ1) is 13.3. The van der Waals surface area contributed by atoms with Gasteiger partial charge in [0.25, 0.3) is 0 Å². The van der Waals surface area contributed by atoms with E-state index in [-0.39, 0.29) is 17.3 Å². The predicted octanol–water partition coefficient (Wildman–Crippen LogP) is 3.63. The fourth-order valence-electron chi connectivity index (χ4n) is 5.80. The zero-order valence-corrected chi connectivity index (χ0v) is 12.4. The molecular weight excluding hydrogens is 236 g/mol. The van der Waals surface area contributed by atoms with Crippen LogP contribution in [-0.2, 0) is 9.59 Å². The maximum absolute atomic E-state index is 11.9. The van der Waals surface area contributed by atoms with Crippen molar-refractivity contribution >= 4 is 11.6 Å². The first-order valence-corrected chi connectivity index (χ1v) is 7.98. The Morgan fingerprint density at radius 3 is 2.58 bits per heavy atom. The largest absolute Gasteiger partial charge is 0.300 e. The van der Waals surface area contributed by atoms with Crippen LogP contribution >= 0.6 is 0 Å². The molecule has 0 radical (unpaired) electrons. The van der Waals surface area contributed by atoms with E-state index < -0.39 is 0 Å². The number of hydrogen-bond acceptors (Lipinski definition) is 2. The smallest absolute Gasteiger partial charge is 0.135 e. The topological polar surface area (TPSA) is 34.1 Å². The number of Topliss-reactive ketones (excluding diaryl/α,β-unsaturated/α-hetero) is 2. The third kappa shape index (κ3) is 1.82. The van der Waals surface area contributed by atoms with Crippen molar-refractivity contribution < 1.29 is 9.59 Å². The Balaban J connectivity index is 1.88. The molecule has 0 amide bonds. The summed E-state index contributed by atoms with van der Waals surface area (Å²) in [5.74, 6) is 3.41. The lowest BCUT2D eigenvalue weighted by atomic mass is 9.53. The van der Waals surface area contributed by atoms with Crippen molar-refractivity contribution in [3.05, 3.63) is 0 Å².